The van der Waals surface area contributed by atoms with Crippen LogP contribution in [-0.2, 0) is 28.1 Å². The van der Waals surface area contributed by atoms with Crippen LogP contribution < -0.4 is 5.32 Å². The molecule has 1 N–H and O–H groups in total. The van der Waals surface area contributed by atoms with Crippen LogP contribution in [0.25, 0.3) is 0 Å². The molecule has 3 aliphatic heterocycles. The van der Waals surface area contributed by atoms with E-state index in [0.29, 0.717) is 73.3 Å². The first-order valence-corrected chi connectivity index (χ1v) is 14.4. The number of hydrogen-bond donors (Lipinski definition) is 1. The van der Waals surface area contributed by atoms with E-state index in [0.717, 1.165) is 12.0 Å². The maximum Gasteiger partial charge on any atom is 0.412 e. The summed E-state index contributed by atoms with van der Waals surface area (Å²) in [6, 6.07) is 18.1. The van der Waals surface area contributed by atoms with Gasteiger partial charge in [-0.1, -0.05) is 53.5 Å². The minimum Gasteiger partial charge on any atom is -0.438 e. The minimum atomic E-state index is -0.851. The summed E-state index contributed by atoms with van der Waals surface area (Å²) in [6.45, 7) is 3.26. The molecule has 2 amide bonds. The molecule has 1 spiro atoms. The molecule has 0 aromatic heterocycles. The molecule has 208 valence electrons. The molecule has 1 atom stereocenters. The monoisotopic (exact) mass is 581 g/mol. The van der Waals surface area contributed by atoms with E-state index < -0.39 is 11.7 Å². The Hall–Kier alpha value is -3.13. The van der Waals surface area contributed by atoms with E-state index >= 15 is 0 Å². The van der Waals surface area contributed by atoms with Crippen molar-refractivity contribution >= 4 is 40.9 Å². The van der Waals surface area contributed by atoms with E-state index in [4.69, 9.17) is 27.9 Å². The van der Waals surface area contributed by atoms with Crippen molar-refractivity contribution in [2.75, 3.05) is 31.5 Å². The molecule has 0 aliphatic carbocycles. The Labute approximate surface area is 243 Å². The van der Waals surface area contributed by atoms with E-state index in [-0.39, 0.29) is 17.6 Å². The predicted molar refractivity (Wildman–Crippen MR) is 153 cm³/mol. The lowest BCUT2D eigenvalue weighted by atomic mass is 9.82. The van der Waals surface area contributed by atoms with Crippen LogP contribution in [-0.4, -0.2) is 48.0 Å². The number of rotatable bonds is 5. The molecule has 0 bridgehead atoms. The fourth-order valence-corrected chi connectivity index (χ4v) is 6.56. The second kappa shape index (κ2) is 11.0. The van der Waals surface area contributed by atoms with Crippen LogP contribution in [0.15, 0.2) is 60.7 Å². The summed E-state index contributed by atoms with van der Waals surface area (Å²) in [5, 5.41) is 3.57. The van der Waals surface area contributed by atoms with Gasteiger partial charge in [0, 0.05) is 44.6 Å². The third kappa shape index (κ3) is 5.30. The number of nitrogens with zero attached hydrogens (tertiary/aromatic N) is 2. The summed E-state index contributed by atoms with van der Waals surface area (Å²) in [4.78, 5) is 30.5. The number of likely N-dealkylation sites (tertiary alicyclic amines) is 1. The summed E-state index contributed by atoms with van der Waals surface area (Å²) >= 11 is 12.6. The maximum absolute atomic E-state index is 14.1. The summed E-state index contributed by atoms with van der Waals surface area (Å²) in [6.07, 6.45) is 2.02. The van der Waals surface area contributed by atoms with Crippen LogP contribution >= 0.6 is 23.2 Å². The molecule has 3 aliphatic rings. The number of benzene rings is 3. The Bertz CT molecular complexity index is 1460. The minimum absolute atomic E-state index is 0.0815. The Kier molecular flexibility index (Phi) is 7.46. The smallest absolute Gasteiger partial charge is 0.412 e. The zero-order chi connectivity index (χ0) is 27.9. The van der Waals surface area contributed by atoms with E-state index in [9.17, 15) is 14.0 Å². The van der Waals surface area contributed by atoms with Crippen molar-refractivity contribution in [2.24, 2.45) is 0 Å². The predicted octanol–water partition coefficient (Wildman–Crippen LogP) is 6.74. The van der Waals surface area contributed by atoms with Gasteiger partial charge in [0.25, 0.3) is 0 Å². The fourth-order valence-electron chi connectivity index (χ4n) is 6.26. The first kappa shape index (κ1) is 27.1. The van der Waals surface area contributed by atoms with Crippen molar-refractivity contribution in [2.45, 2.75) is 43.7 Å². The van der Waals surface area contributed by atoms with Crippen molar-refractivity contribution in [1.29, 1.82) is 0 Å². The van der Waals surface area contributed by atoms with E-state index in [1.807, 2.05) is 23.1 Å². The van der Waals surface area contributed by atoms with Crippen molar-refractivity contribution in [3.63, 3.8) is 0 Å². The largest absolute Gasteiger partial charge is 0.438 e. The number of amides is 2. The lowest BCUT2D eigenvalue weighted by Crippen LogP contribution is -2.48. The number of nitrogens with one attached hydrogen (secondary N) is 1. The first-order chi connectivity index (χ1) is 19.3. The highest BCUT2D eigenvalue weighted by Crippen LogP contribution is 2.44. The zero-order valence-corrected chi connectivity index (χ0v) is 23.5. The van der Waals surface area contributed by atoms with E-state index in [1.54, 1.807) is 18.2 Å². The lowest BCUT2D eigenvalue weighted by Gasteiger charge is -2.44. The SMILES string of the molecule is O=C1Nc2ccc(F)cc2C2(CCN(CCC(C(=O)N3CCc4ccccc4C3)c3ccc(Cl)c(Cl)c3)CC2)O1. The fraction of sp³-hybridized carbons (Fsp3) is 0.355. The third-order valence-corrected chi connectivity index (χ3v) is 9.22. The number of ether oxygens (including phenoxy) is 1. The zero-order valence-electron chi connectivity index (χ0n) is 22.0. The van der Waals surface area contributed by atoms with Crippen molar-refractivity contribution in [3.8, 4) is 0 Å². The van der Waals surface area contributed by atoms with Gasteiger partial charge in [0.05, 0.1) is 21.7 Å². The van der Waals surface area contributed by atoms with Crippen LogP contribution in [0.3, 0.4) is 0 Å². The topological polar surface area (TPSA) is 61.9 Å². The lowest BCUT2D eigenvalue weighted by molar-refractivity contribution is -0.134. The number of halogens is 3. The average Bonchev–Trinajstić information content (AvgIpc) is 2.96. The van der Waals surface area contributed by atoms with Gasteiger partial charge in [-0.15, -0.1) is 0 Å². The van der Waals surface area contributed by atoms with E-state index in [2.05, 4.69) is 22.3 Å². The highest BCUT2D eigenvalue weighted by molar-refractivity contribution is 6.42. The third-order valence-electron chi connectivity index (χ3n) is 8.48. The molecule has 1 unspecified atom stereocenters. The van der Waals surface area contributed by atoms with Crippen LogP contribution in [0.5, 0.6) is 0 Å². The van der Waals surface area contributed by atoms with Gasteiger partial charge >= 0.3 is 6.09 Å². The molecule has 6 rings (SSSR count). The molecule has 0 radical (unpaired) electrons. The molecule has 6 nitrogen and oxygen atoms in total. The second-order valence-corrected chi connectivity index (χ2v) is 11.6. The highest BCUT2D eigenvalue weighted by atomic mass is 35.5. The van der Waals surface area contributed by atoms with Crippen molar-refractivity contribution in [3.05, 3.63) is 98.8 Å². The normalized spacial score (nSPS) is 18.9. The van der Waals surface area contributed by atoms with Crippen LogP contribution in [0.1, 0.15) is 47.4 Å². The molecule has 9 heteroatoms. The molecule has 3 aromatic rings. The van der Waals surface area contributed by atoms with Crippen molar-refractivity contribution in [1.82, 2.24) is 9.80 Å². The van der Waals surface area contributed by atoms with Gasteiger partial charge in [0.2, 0.25) is 5.91 Å². The number of fused-ring (bicyclic) bond motifs is 3. The Balaban J connectivity index is 1.17. The molecule has 1 fully saturated rings. The number of piperidine rings is 1. The molecule has 0 saturated carbocycles. The van der Waals surface area contributed by atoms with Gasteiger partial charge in [-0.05, 0) is 66.4 Å². The van der Waals surface area contributed by atoms with Gasteiger partial charge < -0.3 is 14.5 Å². The van der Waals surface area contributed by atoms with Gasteiger partial charge in [-0.25, -0.2) is 9.18 Å². The summed E-state index contributed by atoms with van der Waals surface area (Å²) in [7, 11) is 0. The molecular formula is C31H30Cl2FN3O3. The number of carbonyl (C=O) groups excluding carboxylic acids is 2. The highest BCUT2D eigenvalue weighted by Gasteiger charge is 2.44. The van der Waals surface area contributed by atoms with Gasteiger partial charge in [-0.3, -0.25) is 10.1 Å². The Morgan fingerprint density at radius 1 is 1.00 bits per heavy atom. The molecule has 3 aromatic carbocycles. The number of hydrogen-bond acceptors (Lipinski definition) is 4. The average molecular weight is 583 g/mol. The summed E-state index contributed by atoms with van der Waals surface area (Å²) in [5.41, 5.74) is 3.75. The molecular weight excluding hydrogens is 552 g/mol. The first-order valence-electron chi connectivity index (χ1n) is 13.6. The van der Waals surface area contributed by atoms with E-state index in [1.165, 1.54) is 23.3 Å². The Morgan fingerprint density at radius 3 is 2.55 bits per heavy atom. The van der Waals surface area contributed by atoms with Gasteiger partial charge in [0.15, 0.2) is 0 Å². The van der Waals surface area contributed by atoms with Gasteiger partial charge in [-0.2, -0.15) is 0 Å². The van der Waals surface area contributed by atoms with Crippen LogP contribution in [0.2, 0.25) is 10.0 Å². The molecule has 3 heterocycles. The van der Waals surface area contributed by atoms with Crippen LogP contribution in [0.4, 0.5) is 14.9 Å². The molecule has 40 heavy (non-hydrogen) atoms. The summed E-state index contributed by atoms with van der Waals surface area (Å²) < 4.78 is 19.9. The van der Waals surface area contributed by atoms with Gasteiger partial charge in [0.1, 0.15) is 11.4 Å². The summed E-state index contributed by atoms with van der Waals surface area (Å²) in [5.74, 6) is -0.649. The number of carbonyl (C=O) groups is 2. The quantitative estimate of drug-likeness (QED) is 0.362. The van der Waals surface area contributed by atoms with Crippen LogP contribution in [0, 0.1) is 5.82 Å². The van der Waals surface area contributed by atoms with Crippen molar-refractivity contribution < 1.29 is 18.7 Å². The number of anilines is 1. The molecule has 1 saturated heterocycles. The standard InChI is InChI=1S/C31H30Cl2FN3O3/c32-26-7-5-21(17-27(26)33)24(29(38)37-14-9-20-3-1-2-4-22(20)19-37)10-13-36-15-11-31(12-16-36)25-18-23(34)6-8-28(25)35-30(39)40-31/h1-8,17-18,24H,9-16,19H2,(H,35,39). The maximum atomic E-state index is 14.1. The Morgan fingerprint density at radius 2 is 1.77 bits per heavy atom. The second-order valence-electron chi connectivity index (χ2n) is 10.8.